The van der Waals surface area contributed by atoms with Crippen LogP contribution in [0.3, 0.4) is 0 Å². The van der Waals surface area contributed by atoms with E-state index >= 15 is 0 Å². The molecule has 15 heavy (non-hydrogen) atoms. The fourth-order valence-electron chi connectivity index (χ4n) is 1.75. The van der Waals surface area contributed by atoms with Gasteiger partial charge in [0.2, 0.25) is 0 Å². The van der Waals surface area contributed by atoms with Crippen molar-refractivity contribution in [3.63, 3.8) is 0 Å². The molecule has 0 bridgehead atoms. The lowest BCUT2D eigenvalue weighted by Gasteiger charge is -2.30. The molecule has 92 valence electrons. The van der Waals surface area contributed by atoms with Crippen molar-refractivity contribution in [3.8, 4) is 0 Å². The van der Waals surface area contributed by atoms with Gasteiger partial charge in [0.05, 0.1) is 19.3 Å². The van der Waals surface area contributed by atoms with Gasteiger partial charge in [0.1, 0.15) is 0 Å². The fourth-order valence-corrected chi connectivity index (χ4v) is 1.75. The van der Waals surface area contributed by atoms with Crippen molar-refractivity contribution in [1.29, 1.82) is 0 Å². The minimum Gasteiger partial charge on any atom is -0.381 e. The van der Waals surface area contributed by atoms with Crippen LogP contribution in [0.25, 0.3) is 0 Å². The predicted molar refractivity (Wildman–Crippen MR) is 63.6 cm³/mol. The lowest BCUT2D eigenvalue weighted by atomic mass is 10.1. The fraction of sp³-hybridized carbons (Fsp3) is 1.00. The monoisotopic (exact) mass is 238 g/mol. The second kappa shape index (κ2) is 9.36. The van der Waals surface area contributed by atoms with Crippen LogP contribution in [-0.4, -0.2) is 57.5 Å². The Labute approximate surface area is 98.5 Å². The highest BCUT2D eigenvalue weighted by Crippen LogP contribution is 2.11. The molecule has 1 aliphatic heterocycles. The number of likely N-dealkylation sites (tertiary alicyclic amines) is 1. The summed E-state index contributed by atoms with van der Waals surface area (Å²) in [4.78, 5) is 2.42. The van der Waals surface area contributed by atoms with Crippen LogP contribution in [-0.2, 0) is 9.47 Å². The lowest BCUT2D eigenvalue weighted by molar-refractivity contribution is 0.0294. The average molecular weight is 239 g/mol. The first-order valence-corrected chi connectivity index (χ1v) is 5.39. The molecule has 1 rings (SSSR count). The van der Waals surface area contributed by atoms with Gasteiger partial charge in [-0.2, -0.15) is 0 Å². The van der Waals surface area contributed by atoms with Crippen LogP contribution in [0, 0.1) is 0 Å². The van der Waals surface area contributed by atoms with Gasteiger partial charge in [0.25, 0.3) is 0 Å². The predicted octanol–water partition coefficient (Wildman–Crippen LogP) is 0.494. The molecule has 0 aromatic heterocycles. The molecule has 0 unspecified atom stereocenters. The zero-order valence-electron chi connectivity index (χ0n) is 9.48. The molecular weight excluding hydrogens is 216 g/mol. The third-order valence-electron chi connectivity index (χ3n) is 2.68. The number of nitrogens with two attached hydrogens (primary N) is 1. The first kappa shape index (κ1) is 15.1. The number of nitrogens with zero attached hydrogens (tertiary/aromatic N) is 1. The van der Waals surface area contributed by atoms with Gasteiger partial charge in [-0.1, -0.05) is 0 Å². The minimum atomic E-state index is 0. The summed E-state index contributed by atoms with van der Waals surface area (Å²) in [6.45, 7) is 5.38. The highest BCUT2D eigenvalue weighted by atomic mass is 35.5. The van der Waals surface area contributed by atoms with E-state index in [2.05, 4.69) is 4.90 Å². The van der Waals surface area contributed by atoms with Crippen LogP contribution in [0.1, 0.15) is 12.8 Å². The van der Waals surface area contributed by atoms with Crippen LogP contribution in [0.2, 0.25) is 0 Å². The zero-order valence-corrected chi connectivity index (χ0v) is 10.3. The van der Waals surface area contributed by atoms with E-state index in [1.54, 1.807) is 7.11 Å². The highest BCUT2D eigenvalue weighted by Gasteiger charge is 2.17. The summed E-state index contributed by atoms with van der Waals surface area (Å²) in [6.07, 6.45) is 2.76. The zero-order chi connectivity index (χ0) is 10.2. The van der Waals surface area contributed by atoms with Crippen molar-refractivity contribution < 1.29 is 9.47 Å². The Balaban J connectivity index is 0.00000196. The van der Waals surface area contributed by atoms with Gasteiger partial charge in [-0.3, -0.25) is 0 Å². The number of hydrogen-bond donors (Lipinski definition) is 1. The van der Waals surface area contributed by atoms with Gasteiger partial charge in [-0.15, -0.1) is 12.4 Å². The molecule has 5 heteroatoms. The smallest absolute Gasteiger partial charge is 0.0595 e. The van der Waals surface area contributed by atoms with Crippen molar-refractivity contribution in [2.24, 2.45) is 5.73 Å². The first-order chi connectivity index (χ1) is 6.86. The van der Waals surface area contributed by atoms with Crippen LogP contribution in [0.15, 0.2) is 0 Å². The summed E-state index contributed by atoms with van der Waals surface area (Å²) in [5, 5.41) is 0. The van der Waals surface area contributed by atoms with E-state index in [9.17, 15) is 0 Å². The van der Waals surface area contributed by atoms with E-state index in [0.717, 1.165) is 39.1 Å². The third kappa shape index (κ3) is 6.33. The number of hydrogen-bond acceptors (Lipinski definition) is 4. The van der Waals surface area contributed by atoms with Gasteiger partial charge in [0.15, 0.2) is 0 Å². The largest absolute Gasteiger partial charge is 0.381 e. The molecule has 0 aromatic rings. The summed E-state index contributed by atoms with van der Waals surface area (Å²) in [7, 11) is 1.80. The summed E-state index contributed by atoms with van der Waals surface area (Å²) < 4.78 is 10.6. The van der Waals surface area contributed by atoms with Crippen molar-refractivity contribution in [1.82, 2.24) is 4.90 Å². The van der Waals surface area contributed by atoms with Crippen LogP contribution in [0.4, 0.5) is 0 Å². The van der Waals surface area contributed by atoms with Gasteiger partial charge < -0.3 is 20.1 Å². The summed E-state index contributed by atoms with van der Waals surface area (Å²) in [5.41, 5.74) is 5.33. The molecule has 0 saturated carbocycles. The van der Waals surface area contributed by atoms with Crippen LogP contribution >= 0.6 is 12.4 Å². The van der Waals surface area contributed by atoms with E-state index in [4.69, 9.17) is 15.2 Å². The Bertz CT molecular complexity index is 141. The molecule has 0 amide bonds. The van der Waals surface area contributed by atoms with Crippen molar-refractivity contribution in [2.75, 3.05) is 46.5 Å². The normalized spacial score (nSPS) is 18.8. The third-order valence-corrected chi connectivity index (χ3v) is 2.68. The first-order valence-electron chi connectivity index (χ1n) is 5.39. The molecule has 1 heterocycles. The van der Waals surface area contributed by atoms with Gasteiger partial charge in [-0.25, -0.2) is 0 Å². The Morgan fingerprint density at radius 1 is 1.27 bits per heavy atom. The quantitative estimate of drug-likeness (QED) is 0.685. The Morgan fingerprint density at radius 2 is 1.93 bits per heavy atom. The van der Waals surface area contributed by atoms with Crippen molar-refractivity contribution in [3.05, 3.63) is 0 Å². The van der Waals surface area contributed by atoms with E-state index in [0.29, 0.717) is 19.3 Å². The SMILES string of the molecule is COC1CCN(CCOCCN)CC1.Cl. The number of rotatable bonds is 6. The van der Waals surface area contributed by atoms with E-state index < -0.39 is 0 Å². The summed E-state index contributed by atoms with van der Waals surface area (Å²) in [5.74, 6) is 0. The molecule has 1 aliphatic rings. The molecule has 1 saturated heterocycles. The molecule has 1 fully saturated rings. The average Bonchev–Trinajstić information content (AvgIpc) is 2.25. The van der Waals surface area contributed by atoms with Gasteiger partial charge in [0, 0.05) is 33.3 Å². The van der Waals surface area contributed by atoms with Crippen LogP contribution < -0.4 is 5.73 Å². The molecular formula is C10H23ClN2O2. The Kier molecular flexibility index (Phi) is 9.44. The Morgan fingerprint density at radius 3 is 2.47 bits per heavy atom. The second-order valence-electron chi connectivity index (χ2n) is 3.68. The van der Waals surface area contributed by atoms with Crippen molar-refractivity contribution in [2.45, 2.75) is 18.9 Å². The molecule has 2 N–H and O–H groups in total. The molecule has 0 radical (unpaired) electrons. The maximum absolute atomic E-state index is 5.34. The maximum Gasteiger partial charge on any atom is 0.0595 e. The standard InChI is InChI=1S/C10H22N2O2.ClH/c1-13-10-2-5-12(6-3-10)7-9-14-8-4-11;/h10H,2-9,11H2,1H3;1H. The molecule has 0 spiro atoms. The molecule has 4 nitrogen and oxygen atoms in total. The Hall–Kier alpha value is 0.130. The molecule has 0 aliphatic carbocycles. The lowest BCUT2D eigenvalue weighted by Crippen LogP contribution is -2.38. The summed E-state index contributed by atoms with van der Waals surface area (Å²) >= 11 is 0. The number of piperidine rings is 1. The van der Waals surface area contributed by atoms with Gasteiger partial charge in [-0.05, 0) is 12.8 Å². The number of ether oxygens (including phenoxy) is 2. The van der Waals surface area contributed by atoms with E-state index in [1.165, 1.54) is 0 Å². The second-order valence-corrected chi connectivity index (χ2v) is 3.68. The maximum atomic E-state index is 5.34. The summed E-state index contributed by atoms with van der Waals surface area (Å²) in [6, 6.07) is 0. The minimum absolute atomic E-state index is 0. The van der Waals surface area contributed by atoms with Gasteiger partial charge >= 0.3 is 0 Å². The molecule has 0 atom stereocenters. The van der Waals surface area contributed by atoms with Crippen LogP contribution in [0.5, 0.6) is 0 Å². The highest BCUT2D eigenvalue weighted by molar-refractivity contribution is 5.85. The molecule has 0 aromatic carbocycles. The van der Waals surface area contributed by atoms with E-state index in [1.807, 2.05) is 0 Å². The van der Waals surface area contributed by atoms with Crippen molar-refractivity contribution >= 4 is 12.4 Å². The number of halogens is 1. The van der Waals surface area contributed by atoms with E-state index in [-0.39, 0.29) is 12.4 Å². The number of methoxy groups -OCH3 is 1. The topological polar surface area (TPSA) is 47.7 Å².